The molecule has 0 aliphatic carbocycles. The zero-order valence-electron chi connectivity index (χ0n) is 15.5. The van der Waals surface area contributed by atoms with Gasteiger partial charge in [0, 0.05) is 37.9 Å². The summed E-state index contributed by atoms with van der Waals surface area (Å²) in [4.78, 5) is 29.1. The Bertz CT molecular complexity index is 907. The maximum absolute atomic E-state index is 12.7. The number of hydrogen-bond donors (Lipinski definition) is 1. The zero-order chi connectivity index (χ0) is 18.7. The molecule has 0 spiro atoms. The second-order valence-electron chi connectivity index (χ2n) is 6.47. The Morgan fingerprint density at radius 2 is 2.08 bits per heavy atom. The lowest BCUT2D eigenvalue weighted by Gasteiger charge is -2.20. The van der Waals surface area contributed by atoms with Gasteiger partial charge in [0.15, 0.2) is 0 Å². The molecule has 0 saturated carbocycles. The van der Waals surface area contributed by atoms with Crippen LogP contribution < -0.4 is 5.32 Å². The Morgan fingerprint density at radius 3 is 2.77 bits per heavy atom. The van der Waals surface area contributed by atoms with Crippen molar-refractivity contribution < 1.29 is 4.79 Å². The van der Waals surface area contributed by atoms with Crippen LogP contribution in [0.1, 0.15) is 34.8 Å². The summed E-state index contributed by atoms with van der Waals surface area (Å²) in [5.41, 5.74) is 1.96. The quantitative estimate of drug-likeness (QED) is 0.720. The fraction of sp³-hybridized carbons (Fsp3) is 0.368. The molecular formula is C19H23N5OS. The monoisotopic (exact) mass is 369 g/mol. The van der Waals surface area contributed by atoms with Crippen molar-refractivity contribution in [1.82, 2.24) is 19.9 Å². The van der Waals surface area contributed by atoms with E-state index in [9.17, 15) is 4.79 Å². The number of aryl methyl sites for hydroxylation is 1. The number of amides is 1. The van der Waals surface area contributed by atoms with E-state index in [4.69, 9.17) is 0 Å². The lowest BCUT2D eigenvalue weighted by atomic mass is 10.1. The number of fused-ring (bicyclic) bond motifs is 1. The second kappa shape index (κ2) is 7.78. The topological polar surface area (TPSA) is 71.0 Å². The highest BCUT2D eigenvalue weighted by atomic mass is 32.1. The molecule has 3 aromatic heterocycles. The number of hydrogen-bond acceptors (Lipinski definition) is 6. The highest BCUT2D eigenvalue weighted by Gasteiger charge is 2.22. The van der Waals surface area contributed by atoms with Crippen LogP contribution in [0.25, 0.3) is 10.2 Å². The van der Waals surface area contributed by atoms with Gasteiger partial charge in [0.2, 0.25) is 0 Å². The summed E-state index contributed by atoms with van der Waals surface area (Å²) in [6.07, 6.45) is 4.14. The summed E-state index contributed by atoms with van der Waals surface area (Å²) in [7, 11) is 1.83. The van der Waals surface area contributed by atoms with Crippen molar-refractivity contribution in [2.24, 2.45) is 0 Å². The molecule has 0 atom stereocenters. The number of rotatable bonds is 6. The first-order valence-corrected chi connectivity index (χ1v) is 9.45. The van der Waals surface area contributed by atoms with Crippen LogP contribution in [0.3, 0.4) is 0 Å². The van der Waals surface area contributed by atoms with E-state index < -0.39 is 0 Å². The third-order valence-corrected chi connectivity index (χ3v) is 5.60. The van der Waals surface area contributed by atoms with Crippen LogP contribution in [0.15, 0.2) is 30.7 Å². The average Bonchev–Trinajstić information content (AvgIpc) is 2.99. The average molecular weight is 369 g/mol. The third-order valence-electron chi connectivity index (χ3n) is 4.42. The van der Waals surface area contributed by atoms with Crippen molar-refractivity contribution >= 4 is 33.3 Å². The Kier molecular flexibility index (Phi) is 5.46. The van der Waals surface area contributed by atoms with Gasteiger partial charge in [-0.2, -0.15) is 0 Å². The molecular weight excluding hydrogens is 346 g/mol. The summed E-state index contributed by atoms with van der Waals surface area (Å²) in [6, 6.07) is 6.05. The van der Waals surface area contributed by atoms with Crippen LogP contribution in [-0.4, -0.2) is 45.4 Å². The van der Waals surface area contributed by atoms with E-state index >= 15 is 0 Å². The van der Waals surface area contributed by atoms with Crippen LogP contribution in [0, 0.1) is 6.92 Å². The Morgan fingerprint density at radius 1 is 1.27 bits per heavy atom. The number of nitrogens with one attached hydrogen (secondary N) is 1. The van der Waals surface area contributed by atoms with Gasteiger partial charge in [0.25, 0.3) is 5.91 Å². The largest absolute Gasteiger partial charge is 0.369 e. The molecule has 6 nitrogen and oxygen atoms in total. The lowest BCUT2D eigenvalue weighted by molar-refractivity contribution is 0.0759. The SMILES string of the molecule is Cc1c(C(=O)N(C)C(C)C)sc2ncnc(NCCc3ccccn3)c12. The number of carbonyl (C=O) groups excluding carboxylic acids is 1. The maximum Gasteiger partial charge on any atom is 0.264 e. The fourth-order valence-corrected chi connectivity index (χ4v) is 3.79. The number of carbonyl (C=O) groups is 1. The van der Waals surface area contributed by atoms with Crippen molar-refractivity contribution in [1.29, 1.82) is 0 Å². The van der Waals surface area contributed by atoms with Crippen molar-refractivity contribution in [3.63, 3.8) is 0 Å². The number of pyridine rings is 1. The van der Waals surface area contributed by atoms with Gasteiger partial charge in [-0.05, 0) is 38.5 Å². The van der Waals surface area contributed by atoms with Gasteiger partial charge in [0.05, 0.1) is 10.3 Å². The molecule has 0 bridgehead atoms. The Balaban J connectivity index is 1.84. The van der Waals surface area contributed by atoms with Crippen molar-refractivity contribution in [3.8, 4) is 0 Å². The van der Waals surface area contributed by atoms with Crippen LogP contribution in [0.4, 0.5) is 5.82 Å². The molecule has 7 heteroatoms. The normalized spacial score (nSPS) is 11.1. The van der Waals surface area contributed by atoms with Crippen LogP contribution in [0.5, 0.6) is 0 Å². The molecule has 3 aromatic rings. The highest BCUT2D eigenvalue weighted by molar-refractivity contribution is 7.20. The highest BCUT2D eigenvalue weighted by Crippen LogP contribution is 2.34. The number of thiophene rings is 1. The van der Waals surface area contributed by atoms with E-state index in [1.807, 2.05) is 46.0 Å². The third kappa shape index (κ3) is 3.67. The van der Waals surface area contributed by atoms with Gasteiger partial charge in [-0.25, -0.2) is 9.97 Å². The van der Waals surface area contributed by atoms with Crippen molar-refractivity contribution in [2.75, 3.05) is 18.9 Å². The summed E-state index contributed by atoms with van der Waals surface area (Å²) in [5, 5.41) is 4.30. The molecule has 3 rings (SSSR count). The fourth-order valence-electron chi connectivity index (χ4n) is 2.66. The van der Waals surface area contributed by atoms with Crippen LogP contribution in [0.2, 0.25) is 0 Å². The van der Waals surface area contributed by atoms with Crippen LogP contribution >= 0.6 is 11.3 Å². The first kappa shape index (κ1) is 18.3. The molecule has 0 fully saturated rings. The van der Waals surface area contributed by atoms with Gasteiger partial charge in [-0.1, -0.05) is 6.07 Å². The smallest absolute Gasteiger partial charge is 0.264 e. The molecule has 0 unspecified atom stereocenters. The van der Waals surface area contributed by atoms with E-state index in [1.165, 1.54) is 11.3 Å². The van der Waals surface area contributed by atoms with Gasteiger partial charge >= 0.3 is 0 Å². The molecule has 0 aliphatic rings. The van der Waals surface area contributed by atoms with Crippen molar-refractivity contribution in [3.05, 3.63) is 46.9 Å². The molecule has 26 heavy (non-hydrogen) atoms. The number of aromatic nitrogens is 3. The van der Waals surface area contributed by atoms with E-state index in [0.29, 0.717) is 6.54 Å². The minimum Gasteiger partial charge on any atom is -0.369 e. The summed E-state index contributed by atoms with van der Waals surface area (Å²) >= 11 is 1.43. The van der Waals surface area contributed by atoms with E-state index in [-0.39, 0.29) is 11.9 Å². The second-order valence-corrected chi connectivity index (χ2v) is 7.47. The minimum atomic E-state index is 0.0277. The molecule has 136 valence electrons. The molecule has 0 saturated heterocycles. The van der Waals surface area contributed by atoms with Gasteiger partial charge in [0.1, 0.15) is 17.0 Å². The molecule has 0 radical (unpaired) electrons. The molecule has 1 N–H and O–H groups in total. The number of anilines is 1. The van der Waals surface area contributed by atoms with E-state index in [2.05, 4.69) is 20.3 Å². The first-order valence-electron chi connectivity index (χ1n) is 8.64. The Hall–Kier alpha value is -2.54. The van der Waals surface area contributed by atoms with Crippen LogP contribution in [-0.2, 0) is 6.42 Å². The van der Waals surface area contributed by atoms with E-state index in [1.54, 1.807) is 17.4 Å². The predicted molar refractivity (Wildman–Crippen MR) is 106 cm³/mol. The van der Waals surface area contributed by atoms with Gasteiger partial charge < -0.3 is 10.2 Å². The lowest BCUT2D eigenvalue weighted by Crippen LogP contribution is -2.32. The molecule has 0 aliphatic heterocycles. The summed E-state index contributed by atoms with van der Waals surface area (Å²) in [6.45, 7) is 6.69. The maximum atomic E-state index is 12.7. The Labute approximate surface area is 157 Å². The summed E-state index contributed by atoms with van der Waals surface area (Å²) in [5.74, 6) is 0.797. The summed E-state index contributed by atoms with van der Waals surface area (Å²) < 4.78 is 0. The van der Waals surface area contributed by atoms with Crippen molar-refractivity contribution in [2.45, 2.75) is 33.2 Å². The van der Waals surface area contributed by atoms with E-state index in [0.717, 1.165) is 38.6 Å². The molecule has 3 heterocycles. The van der Waals surface area contributed by atoms with Gasteiger partial charge in [-0.3, -0.25) is 9.78 Å². The van der Waals surface area contributed by atoms with Gasteiger partial charge in [-0.15, -0.1) is 11.3 Å². The predicted octanol–water partition coefficient (Wildman–Crippen LogP) is 3.53. The standard InChI is InChI=1S/C19H23N5OS/c1-12(2)24(4)19(25)16-13(3)15-17(22-11-23-18(15)26-16)21-10-8-14-7-5-6-9-20-14/h5-7,9,11-12H,8,10H2,1-4H3,(H,21,22,23). The minimum absolute atomic E-state index is 0.0277. The zero-order valence-corrected chi connectivity index (χ0v) is 16.3. The molecule has 1 amide bonds. The first-order chi connectivity index (χ1) is 12.5. The molecule has 0 aromatic carbocycles. The number of nitrogens with zero attached hydrogens (tertiary/aromatic N) is 4.